The molecule has 0 N–H and O–H groups in total. The van der Waals surface area contributed by atoms with E-state index in [-0.39, 0.29) is 0 Å². The molecule has 1 aliphatic heterocycles. The largest absolute Gasteiger partial charge is 0.356 e. The van der Waals surface area contributed by atoms with Crippen LogP contribution in [0, 0.1) is 6.92 Å². The van der Waals surface area contributed by atoms with E-state index in [1.54, 1.807) is 12.5 Å². The summed E-state index contributed by atoms with van der Waals surface area (Å²) in [5.74, 6) is 1.06. The lowest BCUT2D eigenvalue weighted by Crippen LogP contribution is -2.35. The molecule has 22 heavy (non-hydrogen) atoms. The summed E-state index contributed by atoms with van der Waals surface area (Å²) in [6, 6.07) is 6.66. The maximum atomic E-state index is 4.56. The van der Waals surface area contributed by atoms with Crippen LogP contribution in [0.25, 0.3) is 10.9 Å². The van der Waals surface area contributed by atoms with E-state index in [9.17, 15) is 0 Å². The van der Waals surface area contributed by atoms with Crippen molar-refractivity contribution < 1.29 is 0 Å². The van der Waals surface area contributed by atoms with Crippen LogP contribution in [-0.2, 0) is 0 Å². The minimum atomic E-state index is 0.438. The van der Waals surface area contributed by atoms with Gasteiger partial charge in [0.1, 0.15) is 12.1 Å². The zero-order valence-corrected chi connectivity index (χ0v) is 12.6. The van der Waals surface area contributed by atoms with E-state index in [4.69, 9.17) is 0 Å². The quantitative estimate of drug-likeness (QED) is 0.726. The third kappa shape index (κ3) is 2.20. The minimum absolute atomic E-state index is 0.438. The molecule has 1 aromatic carbocycles. The number of nitrogens with zero attached hydrogens (tertiary/aromatic N) is 6. The van der Waals surface area contributed by atoms with Gasteiger partial charge in [0.15, 0.2) is 0 Å². The Bertz CT molecular complexity index is 769. The Balaban J connectivity index is 1.62. The Hall–Kier alpha value is -2.50. The monoisotopic (exact) mass is 294 g/mol. The van der Waals surface area contributed by atoms with Crippen LogP contribution in [0.4, 0.5) is 5.82 Å². The van der Waals surface area contributed by atoms with Crippen molar-refractivity contribution in [1.82, 2.24) is 25.0 Å². The molecular formula is C16H18N6. The highest BCUT2D eigenvalue weighted by Gasteiger charge is 2.23. The summed E-state index contributed by atoms with van der Waals surface area (Å²) < 4.78 is 1.97. The van der Waals surface area contributed by atoms with Crippen molar-refractivity contribution in [2.24, 2.45) is 0 Å². The standard InChI is InChI=1S/C16H18N6/c1-12-3-2-4-14-15(12)16(18-11-17-14)21-8-5-13(6-9-21)22-10-7-19-20-22/h2-4,7,10-11,13H,5-6,8-9H2,1H3. The summed E-state index contributed by atoms with van der Waals surface area (Å²) in [6.07, 6.45) is 7.47. The Morgan fingerprint density at radius 3 is 2.77 bits per heavy atom. The molecule has 4 rings (SSSR count). The fraction of sp³-hybridized carbons (Fsp3) is 0.375. The Morgan fingerprint density at radius 1 is 1.14 bits per heavy atom. The predicted molar refractivity (Wildman–Crippen MR) is 84.8 cm³/mol. The molecule has 0 radical (unpaired) electrons. The van der Waals surface area contributed by atoms with E-state index in [0.29, 0.717) is 6.04 Å². The second-order valence-corrected chi connectivity index (χ2v) is 5.77. The van der Waals surface area contributed by atoms with Crippen molar-refractivity contribution in [2.45, 2.75) is 25.8 Å². The van der Waals surface area contributed by atoms with Gasteiger partial charge in [0, 0.05) is 24.7 Å². The lowest BCUT2D eigenvalue weighted by molar-refractivity contribution is 0.359. The van der Waals surface area contributed by atoms with Crippen LogP contribution in [0.3, 0.4) is 0 Å². The molecule has 1 saturated heterocycles. The second kappa shape index (κ2) is 5.36. The molecule has 112 valence electrons. The van der Waals surface area contributed by atoms with Gasteiger partial charge in [-0.2, -0.15) is 0 Å². The number of fused-ring (bicyclic) bond motifs is 1. The first-order valence-corrected chi connectivity index (χ1v) is 7.64. The van der Waals surface area contributed by atoms with Crippen molar-refractivity contribution in [3.05, 3.63) is 42.5 Å². The average Bonchev–Trinajstić information content (AvgIpc) is 3.09. The third-order valence-electron chi connectivity index (χ3n) is 4.43. The maximum Gasteiger partial charge on any atom is 0.140 e. The number of hydrogen-bond donors (Lipinski definition) is 0. The topological polar surface area (TPSA) is 59.7 Å². The van der Waals surface area contributed by atoms with Gasteiger partial charge >= 0.3 is 0 Å². The number of aromatic nitrogens is 5. The molecular weight excluding hydrogens is 276 g/mol. The highest BCUT2D eigenvalue weighted by Crippen LogP contribution is 2.30. The summed E-state index contributed by atoms with van der Waals surface area (Å²) >= 11 is 0. The molecule has 6 nitrogen and oxygen atoms in total. The molecule has 0 amide bonds. The first-order chi connectivity index (χ1) is 10.8. The van der Waals surface area contributed by atoms with E-state index in [0.717, 1.165) is 37.3 Å². The van der Waals surface area contributed by atoms with E-state index >= 15 is 0 Å². The van der Waals surface area contributed by atoms with E-state index in [2.05, 4.69) is 44.2 Å². The lowest BCUT2D eigenvalue weighted by Gasteiger charge is -2.33. The number of aryl methyl sites for hydroxylation is 1. The lowest BCUT2D eigenvalue weighted by atomic mass is 10.0. The van der Waals surface area contributed by atoms with Crippen LogP contribution < -0.4 is 4.90 Å². The zero-order valence-electron chi connectivity index (χ0n) is 12.6. The molecule has 0 unspecified atom stereocenters. The van der Waals surface area contributed by atoms with Gasteiger partial charge in [-0.15, -0.1) is 5.10 Å². The van der Waals surface area contributed by atoms with Crippen LogP contribution in [0.1, 0.15) is 24.4 Å². The molecule has 1 fully saturated rings. The van der Waals surface area contributed by atoms with Gasteiger partial charge in [-0.3, -0.25) is 0 Å². The number of benzene rings is 1. The number of piperidine rings is 1. The van der Waals surface area contributed by atoms with Crippen LogP contribution in [0.5, 0.6) is 0 Å². The van der Waals surface area contributed by atoms with Crippen molar-refractivity contribution >= 4 is 16.7 Å². The van der Waals surface area contributed by atoms with E-state index < -0.39 is 0 Å². The Kier molecular flexibility index (Phi) is 3.21. The maximum absolute atomic E-state index is 4.56. The Morgan fingerprint density at radius 2 is 2.00 bits per heavy atom. The zero-order chi connectivity index (χ0) is 14.9. The smallest absolute Gasteiger partial charge is 0.140 e. The first kappa shape index (κ1) is 13.2. The molecule has 6 heteroatoms. The summed E-state index contributed by atoms with van der Waals surface area (Å²) in [5, 5.41) is 9.20. The van der Waals surface area contributed by atoms with Gasteiger partial charge in [-0.25, -0.2) is 14.6 Å². The van der Waals surface area contributed by atoms with Crippen LogP contribution in [-0.4, -0.2) is 38.1 Å². The van der Waals surface area contributed by atoms with E-state index in [1.165, 1.54) is 10.9 Å². The van der Waals surface area contributed by atoms with Crippen molar-refractivity contribution in [3.8, 4) is 0 Å². The number of anilines is 1. The molecule has 0 saturated carbocycles. The van der Waals surface area contributed by atoms with Gasteiger partial charge < -0.3 is 4.90 Å². The first-order valence-electron chi connectivity index (χ1n) is 7.64. The van der Waals surface area contributed by atoms with Gasteiger partial charge in [0.25, 0.3) is 0 Å². The summed E-state index contributed by atoms with van der Waals surface area (Å²) in [4.78, 5) is 11.3. The summed E-state index contributed by atoms with van der Waals surface area (Å²) in [5.41, 5.74) is 2.25. The normalized spacial score (nSPS) is 16.3. The van der Waals surface area contributed by atoms with Crippen molar-refractivity contribution in [2.75, 3.05) is 18.0 Å². The number of hydrogen-bond acceptors (Lipinski definition) is 5. The van der Waals surface area contributed by atoms with Gasteiger partial charge in [-0.1, -0.05) is 17.3 Å². The molecule has 3 heterocycles. The fourth-order valence-corrected chi connectivity index (χ4v) is 3.26. The molecule has 0 bridgehead atoms. The van der Waals surface area contributed by atoms with Gasteiger partial charge in [0.05, 0.1) is 17.8 Å². The van der Waals surface area contributed by atoms with Crippen LogP contribution in [0.15, 0.2) is 36.9 Å². The predicted octanol–water partition coefficient (Wildman–Crippen LogP) is 2.37. The van der Waals surface area contributed by atoms with Crippen LogP contribution in [0.2, 0.25) is 0 Å². The minimum Gasteiger partial charge on any atom is -0.356 e. The average molecular weight is 294 g/mol. The molecule has 3 aromatic rings. The van der Waals surface area contributed by atoms with Crippen molar-refractivity contribution in [1.29, 1.82) is 0 Å². The molecule has 0 atom stereocenters. The van der Waals surface area contributed by atoms with Crippen molar-refractivity contribution in [3.63, 3.8) is 0 Å². The highest BCUT2D eigenvalue weighted by molar-refractivity contribution is 5.92. The highest BCUT2D eigenvalue weighted by atomic mass is 15.4. The summed E-state index contributed by atoms with van der Waals surface area (Å²) in [6.45, 7) is 4.08. The molecule has 0 aliphatic carbocycles. The van der Waals surface area contributed by atoms with Gasteiger partial charge in [-0.05, 0) is 31.4 Å². The molecule has 0 spiro atoms. The Labute approximate surface area is 128 Å². The molecule has 2 aromatic heterocycles. The third-order valence-corrected chi connectivity index (χ3v) is 4.43. The van der Waals surface area contributed by atoms with E-state index in [1.807, 2.05) is 16.9 Å². The van der Waals surface area contributed by atoms with Gasteiger partial charge in [0.2, 0.25) is 0 Å². The SMILES string of the molecule is Cc1cccc2ncnc(N3CCC(n4ccnn4)CC3)c12. The fourth-order valence-electron chi connectivity index (χ4n) is 3.26. The van der Waals surface area contributed by atoms with Crippen LogP contribution >= 0.6 is 0 Å². The number of rotatable bonds is 2. The molecule has 1 aliphatic rings. The second-order valence-electron chi connectivity index (χ2n) is 5.77. The summed E-state index contributed by atoms with van der Waals surface area (Å²) in [7, 11) is 0.